The van der Waals surface area contributed by atoms with E-state index < -0.39 is 6.10 Å². The van der Waals surface area contributed by atoms with Gasteiger partial charge in [0.05, 0.1) is 24.0 Å². The van der Waals surface area contributed by atoms with Crippen molar-refractivity contribution in [3.05, 3.63) is 52.8 Å². The molecule has 2 atom stereocenters. The first-order chi connectivity index (χ1) is 13.0. The van der Waals surface area contributed by atoms with Crippen LogP contribution in [0.3, 0.4) is 0 Å². The molecule has 1 fully saturated rings. The summed E-state index contributed by atoms with van der Waals surface area (Å²) in [6.07, 6.45) is 3.11. The SMILES string of the molecule is Cc1cc(CN(C(=O)[C@H]2CCC(=O)O2)[C@H]2CCCc3ccccc32)n(C)n1. The van der Waals surface area contributed by atoms with Gasteiger partial charge in [-0.05, 0) is 43.4 Å². The van der Waals surface area contributed by atoms with Crippen LogP contribution in [0, 0.1) is 6.92 Å². The molecule has 2 aliphatic rings. The van der Waals surface area contributed by atoms with Crippen molar-refractivity contribution in [3.8, 4) is 0 Å². The van der Waals surface area contributed by atoms with Gasteiger partial charge >= 0.3 is 5.97 Å². The maximum atomic E-state index is 13.3. The van der Waals surface area contributed by atoms with Crippen LogP contribution in [0.15, 0.2) is 30.3 Å². The summed E-state index contributed by atoms with van der Waals surface area (Å²) in [4.78, 5) is 26.8. The van der Waals surface area contributed by atoms with E-state index in [9.17, 15) is 9.59 Å². The number of benzene rings is 1. The quantitative estimate of drug-likeness (QED) is 0.780. The molecule has 6 heteroatoms. The third kappa shape index (κ3) is 3.48. The molecular formula is C21H25N3O3. The molecule has 27 heavy (non-hydrogen) atoms. The Balaban J connectivity index is 1.69. The standard InChI is InChI=1S/C21H25N3O3/c1-14-12-16(23(2)22-14)13-24(21(26)19-10-11-20(25)27-19)18-9-5-7-15-6-3-4-8-17(15)18/h3-4,6,8,12,18-19H,5,7,9-11,13H2,1-2H3/t18-,19+/m0/s1. The van der Waals surface area contributed by atoms with Crippen LogP contribution < -0.4 is 0 Å². The minimum absolute atomic E-state index is 0.00282. The highest BCUT2D eigenvalue weighted by molar-refractivity contribution is 5.86. The summed E-state index contributed by atoms with van der Waals surface area (Å²) in [6.45, 7) is 2.41. The average Bonchev–Trinajstić information content (AvgIpc) is 3.23. The van der Waals surface area contributed by atoms with Crippen LogP contribution in [0.1, 0.15) is 54.2 Å². The van der Waals surface area contributed by atoms with Crippen LogP contribution in [0.25, 0.3) is 0 Å². The number of fused-ring (bicyclic) bond motifs is 1. The fourth-order valence-corrected chi connectivity index (χ4v) is 4.26. The summed E-state index contributed by atoms with van der Waals surface area (Å²) in [5.41, 5.74) is 4.42. The summed E-state index contributed by atoms with van der Waals surface area (Å²) < 4.78 is 7.13. The second kappa shape index (κ2) is 7.18. The zero-order chi connectivity index (χ0) is 19.0. The molecule has 1 aromatic heterocycles. The van der Waals surface area contributed by atoms with Gasteiger partial charge in [0.2, 0.25) is 0 Å². The Morgan fingerprint density at radius 3 is 2.81 bits per heavy atom. The molecule has 6 nitrogen and oxygen atoms in total. The second-order valence-corrected chi connectivity index (χ2v) is 7.49. The van der Waals surface area contributed by atoms with E-state index in [1.165, 1.54) is 11.1 Å². The molecule has 1 saturated heterocycles. The highest BCUT2D eigenvalue weighted by Gasteiger charge is 2.38. The van der Waals surface area contributed by atoms with Crippen LogP contribution in [-0.4, -0.2) is 32.7 Å². The number of rotatable bonds is 4. The monoisotopic (exact) mass is 367 g/mol. The van der Waals surface area contributed by atoms with Gasteiger partial charge in [0.1, 0.15) is 0 Å². The summed E-state index contributed by atoms with van der Waals surface area (Å²) in [5.74, 6) is -0.380. The number of amides is 1. The van der Waals surface area contributed by atoms with E-state index in [4.69, 9.17) is 4.74 Å². The Morgan fingerprint density at radius 1 is 1.30 bits per heavy atom. The van der Waals surface area contributed by atoms with Gasteiger partial charge < -0.3 is 9.64 Å². The lowest BCUT2D eigenvalue weighted by molar-refractivity contribution is -0.155. The Morgan fingerprint density at radius 2 is 2.11 bits per heavy atom. The van der Waals surface area contributed by atoms with Crippen molar-refractivity contribution >= 4 is 11.9 Å². The highest BCUT2D eigenvalue weighted by Crippen LogP contribution is 2.36. The molecule has 0 bridgehead atoms. The number of aromatic nitrogens is 2. The van der Waals surface area contributed by atoms with Crippen LogP contribution in [0.2, 0.25) is 0 Å². The molecule has 4 rings (SSSR count). The van der Waals surface area contributed by atoms with Crippen molar-refractivity contribution in [2.24, 2.45) is 7.05 Å². The molecule has 0 N–H and O–H groups in total. The lowest BCUT2D eigenvalue weighted by Crippen LogP contribution is -2.42. The normalized spacial score (nSPS) is 21.6. The minimum atomic E-state index is -0.666. The summed E-state index contributed by atoms with van der Waals surface area (Å²) in [5, 5.41) is 4.42. The number of carbonyl (C=O) groups excluding carboxylic acids is 2. The summed E-state index contributed by atoms with van der Waals surface area (Å²) >= 11 is 0. The Hall–Kier alpha value is -2.63. The van der Waals surface area contributed by atoms with E-state index in [1.54, 1.807) is 0 Å². The minimum Gasteiger partial charge on any atom is -0.452 e. The van der Waals surface area contributed by atoms with E-state index in [0.29, 0.717) is 19.4 Å². The number of hydrogen-bond acceptors (Lipinski definition) is 4. The maximum Gasteiger partial charge on any atom is 0.306 e. The number of cyclic esters (lactones) is 1. The number of ether oxygens (including phenoxy) is 1. The van der Waals surface area contributed by atoms with Gasteiger partial charge in [-0.15, -0.1) is 0 Å². The first kappa shape index (κ1) is 17.8. The number of carbonyl (C=O) groups is 2. The van der Waals surface area contributed by atoms with Crippen molar-refractivity contribution in [1.82, 2.24) is 14.7 Å². The molecule has 0 radical (unpaired) electrons. The Labute approximate surface area is 159 Å². The highest BCUT2D eigenvalue weighted by atomic mass is 16.6. The molecular weight excluding hydrogens is 342 g/mol. The van der Waals surface area contributed by atoms with Gasteiger partial charge in [-0.25, -0.2) is 0 Å². The van der Waals surface area contributed by atoms with Gasteiger partial charge in [-0.1, -0.05) is 24.3 Å². The van der Waals surface area contributed by atoms with Crippen molar-refractivity contribution in [1.29, 1.82) is 0 Å². The maximum absolute atomic E-state index is 13.3. The van der Waals surface area contributed by atoms with Gasteiger partial charge in [-0.2, -0.15) is 5.10 Å². The molecule has 2 aromatic rings. The van der Waals surface area contributed by atoms with Gasteiger partial charge in [0.15, 0.2) is 6.10 Å². The summed E-state index contributed by atoms with van der Waals surface area (Å²) in [6, 6.07) is 10.4. The van der Waals surface area contributed by atoms with Crippen molar-refractivity contribution in [2.75, 3.05) is 0 Å². The fraction of sp³-hybridized carbons (Fsp3) is 0.476. The lowest BCUT2D eigenvalue weighted by Gasteiger charge is -2.37. The van der Waals surface area contributed by atoms with Gasteiger partial charge in [0, 0.05) is 19.9 Å². The van der Waals surface area contributed by atoms with Crippen LogP contribution in [0.4, 0.5) is 0 Å². The molecule has 1 aliphatic carbocycles. The first-order valence-corrected chi connectivity index (χ1v) is 9.60. The zero-order valence-electron chi connectivity index (χ0n) is 15.9. The van der Waals surface area contributed by atoms with E-state index in [2.05, 4.69) is 23.3 Å². The predicted octanol–water partition coefficient (Wildman–Crippen LogP) is 2.84. The molecule has 0 unspecified atom stereocenters. The fourth-order valence-electron chi connectivity index (χ4n) is 4.26. The second-order valence-electron chi connectivity index (χ2n) is 7.49. The third-order valence-corrected chi connectivity index (χ3v) is 5.59. The zero-order valence-corrected chi connectivity index (χ0v) is 15.9. The van der Waals surface area contributed by atoms with E-state index >= 15 is 0 Å². The van der Waals surface area contributed by atoms with Crippen LogP contribution >= 0.6 is 0 Å². The number of aryl methyl sites for hydroxylation is 3. The van der Waals surface area contributed by atoms with E-state index in [0.717, 1.165) is 30.7 Å². The van der Waals surface area contributed by atoms with Crippen LogP contribution in [-0.2, 0) is 34.3 Å². The molecule has 2 heterocycles. The number of hydrogen-bond donors (Lipinski definition) is 0. The topological polar surface area (TPSA) is 64.4 Å². The average molecular weight is 367 g/mol. The lowest BCUT2D eigenvalue weighted by atomic mass is 9.86. The number of esters is 1. The molecule has 1 amide bonds. The van der Waals surface area contributed by atoms with Gasteiger partial charge in [-0.3, -0.25) is 14.3 Å². The van der Waals surface area contributed by atoms with E-state index in [1.807, 2.05) is 35.7 Å². The van der Waals surface area contributed by atoms with E-state index in [-0.39, 0.29) is 17.9 Å². The molecule has 1 aromatic carbocycles. The predicted molar refractivity (Wildman–Crippen MR) is 99.7 cm³/mol. The Kier molecular flexibility index (Phi) is 4.72. The van der Waals surface area contributed by atoms with Crippen molar-refractivity contribution in [3.63, 3.8) is 0 Å². The van der Waals surface area contributed by atoms with Crippen LogP contribution in [0.5, 0.6) is 0 Å². The van der Waals surface area contributed by atoms with Crippen molar-refractivity contribution < 1.29 is 14.3 Å². The third-order valence-electron chi connectivity index (χ3n) is 5.59. The molecule has 0 spiro atoms. The largest absolute Gasteiger partial charge is 0.452 e. The number of nitrogens with zero attached hydrogens (tertiary/aromatic N) is 3. The molecule has 142 valence electrons. The Bertz CT molecular complexity index is 873. The smallest absolute Gasteiger partial charge is 0.306 e. The first-order valence-electron chi connectivity index (χ1n) is 9.60. The molecule has 0 saturated carbocycles. The molecule has 1 aliphatic heterocycles. The van der Waals surface area contributed by atoms with Gasteiger partial charge in [0.25, 0.3) is 5.91 Å². The summed E-state index contributed by atoms with van der Waals surface area (Å²) in [7, 11) is 1.90. The van der Waals surface area contributed by atoms with Crippen molar-refractivity contribution in [2.45, 2.75) is 57.7 Å².